The Hall–Kier alpha value is -1.68. The summed E-state index contributed by atoms with van der Waals surface area (Å²) in [5.41, 5.74) is 4.56. The van der Waals surface area contributed by atoms with Crippen LogP contribution in [0.5, 0.6) is 0 Å². The molecule has 0 aliphatic heterocycles. The number of aliphatic hydroxyl groups is 1. The number of amides is 1. The van der Waals surface area contributed by atoms with E-state index < -0.39 is 0 Å². The molecule has 7 atom stereocenters. The van der Waals surface area contributed by atoms with Gasteiger partial charge in [-0.2, -0.15) is 0 Å². The van der Waals surface area contributed by atoms with E-state index in [4.69, 9.17) is 0 Å². The molecule has 4 heteroatoms. The maximum atomic E-state index is 14.6. The van der Waals surface area contributed by atoms with Crippen molar-refractivity contribution in [3.05, 3.63) is 41.2 Å². The van der Waals surface area contributed by atoms with Crippen molar-refractivity contribution in [2.45, 2.75) is 132 Å². The summed E-state index contributed by atoms with van der Waals surface area (Å²) >= 11 is 0. The molecular formula is C36H54FNO2. The van der Waals surface area contributed by atoms with Crippen molar-refractivity contribution in [3.8, 4) is 0 Å². The standard InChI is InChI=1S/C36H54FNO2/c1-23(2)38(29-12-10-9-11-28(29)37)32(40)16-13-24(3)25-17-21-36(8)27-14-15-30-33(4,5)31(39)19-20-34(30,6)26(27)18-22-35(25,36)7/h9-12,23-25,30-31,39H,13-22H2,1-8H3/t24-,25-,30+,31+,34-,35-,36+/m1/s1. The molecule has 0 aromatic heterocycles. The van der Waals surface area contributed by atoms with Crippen LogP contribution in [0.2, 0.25) is 0 Å². The molecule has 1 amide bonds. The molecule has 0 bridgehead atoms. The number of carbonyl (C=O) groups excluding carboxylic acids is 1. The molecule has 1 N–H and O–H groups in total. The zero-order valence-electron chi connectivity index (χ0n) is 26.4. The van der Waals surface area contributed by atoms with Crippen LogP contribution in [0.4, 0.5) is 10.1 Å². The number of anilines is 1. The molecule has 4 aliphatic rings. The highest BCUT2D eigenvalue weighted by atomic mass is 19.1. The fourth-order valence-corrected chi connectivity index (χ4v) is 10.6. The highest BCUT2D eigenvalue weighted by Crippen LogP contribution is 2.72. The highest BCUT2D eigenvalue weighted by molar-refractivity contribution is 5.93. The van der Waals surface area contributed by atoms with E-state index in [1.165, 1.54) is 44.6 Å². The van der Waals surface area contributed by atoms with Gasteiger partial charge in [0.15, 0.2) is 0 Å². The van der Waals surface area contributed by atoms with Gasteiger partial charge >= 0.3 is 0 Å². The van der Waals surface area contributed by atoms with Gasteiger partial charge in [0.1, 0.15) is 5.82 Å². The Balaban J connectivity index is 1.35. The summed E-state index contributed by atoms with van der Waals surface area (Å²) in [6.07, 6.45) is 10.4. The van der Waals surface area contributed by atoms with Crippen LogP contribution in [0.15, 0.2) is 35.4 Å². The zero-order chi connectivity index (χ0) is 29.3. The Morgan fingerprint density at radius 1 is 0.975 bits per heavy atom. The van der Waals surface area contributed by atoms with E-state index in [0.717, 1.165) is 19.3 Å². The molecular weight excluding hydrogens is 497 g/mol. The Morgan fingerprint density at radius 3 is 2.35 bits per heavy atom. The molecule has 2 saturated carbocycles. The van der Waals surface area contributed by atoms with Gasteiger partial charge in [0.25, 0.3) is 0 Å². The summed E-state index contributed by atoms with van der Waals surface area (Å²) in [6.45, 7) is 18.6. The minimum atomic E-state index is -0.331. The van der Waals surface area contributed by atoms with E-state index in [1.807, 2.05) is 13.8 Å². The van der Waals surface area contributed by atoms with Crippen LogP contribution in [0, 0.1) is 45.2 Å². The van der Waals surface area contributed by atoms with E-state index in [-0.39, 0.29) is 45.5 Å². The molecule has 40 heavy (non-hydrogen) atoms. The SMILES string of the molecule is CC(C)N(C(=O)CC[C@@H](C)[C@H]1CC[C@@]2(C)C3=C(CC[C@]12C)[C@@]1(C)CC[C@H](O)C(C)(C)[C@@H]1CC3)c1ccccc1F. The number of allylic oxidation sites excluding steroid dienone is 2. The van der Waals surface area contributed by atoms with Crippen molar-refractivity contribution in [2.24, 2.45) is 39.4 Å². The predicted octanol–water partition coefficient (Wildman–Crippen LogP) is 9.09. The second-order valence-corrected chi connectivity index (χ2v) is 15.6. The van der Waals surface area contributed by atoms with Crippen molar-refractivity contribution < 1.29 is 14.3 Å². The number of nitrogens with zero attached hydrogens (tertiary/aromatic N) is 1. The van der Waals surface area contributed by atoms with Crippen LogP contribution < -0.4 is 4.90 Å². The van der Waals surface area contributed by atoms with Crippen molar-refractivity contribution in [3.63, 3.8) is 0 Å². The van der Waals surface area contributed by atoms with E-state index in [2.05, 4.69) is 41.5 Å². The molecule has 5 rings (SSSR count). The summed E-state index contributed by atoms with van der Waals surface area (Å²) in [5.74, 6) is 1.29. The van der Waals surface area contributed by atoms with Gasteiger partial charge in [-0.25, -0.2) is 4.39 Å². The summed E-state index contributed by atoms with van der Waals surface area (Å²) in [7, 11) is 0. The van der Waals surface area contributed by atoms with Gasteiger partial charge in [0.2, 0.25) is 5.91 Å². The van der Waals surface area contributed by atoms with E-state index in [9.17, 15) is 14.3 Å². The third-order valence-corrected chi connectivity index (χ3v) is 13.2. The Kier molecular flexibility index (Phi) is 7.63. The normalized spacial score (nSPS) is 37.5. The number of para-hydroxylation sites is 1. The van der Waals surface area contributed by atoms with Gasteiger partial charge in [0, 0.05) is 12.5 Å². The number of carbonyl (C=O) groups is 1. The van der Waals surface area contributed by atoms with Gasteiger partial charge in [-0.3, -0.25) is 4.79 Å². The third kappa shape index (κ3) is 4.33. The first-order valence-electron chi connectivity index (χ1n) is 16.2. The average Bonchev–Trinajstić information content (AvgIpc) is 3.17. The zero-order valence-corrected chi connectivity index (χ0v) is 26.4. The number of aliphatic hydroxyl groups excluding tert-OH is 1. The van der Waals surface area contributed by atoms with Gasteiger partial charge in [-0.05, 0) is 123 Å². The lowest BCUT2D eigenvalue weighted by atomic mass is 9.43. The lowest BCUT2D eigenvalue weighted by Crippen LogP contribution is -2.55. The molecule has 1 aromatic carbocycles. The number of rotatable bonds is 6. The molecule has 0 saturated heterocycles. The van der Waals surface area contributed by atoms with Crippen LogP contribution >= 0.6 is 0 Å². The van der Waals surface area contributed by atoms with Crippen molar-refractivity contribution in [1.29, 1.82) is 0 Å². The summed E-state index contributed by atoms with van der Waals surface area (Å²) in [5, 5.41) is 10.9. The van der Waals surface area contributed by atoms with Crippen LogP contribution in [0.3, 0.4) is 0 Å². The molecule has 2 fully saturated rings. The third-order valence-electron chi connectivity index (χ3n) is 13.2. The minimum Gasteiger partial charge on any atom is -0.393 e. The number of halogens is 1. The largest absolute Gasteiger partial charge is 0.393 e. The molecule has 4 aliphatic carbocycles. The second kappa shape index (κ2) is 10.2. The summed E-state index contributed by atoms with van der Waals surface area (Å²) < 4.78 is 14.6. The van der Waals surface area contributed by atoms with Crippen molar-refractivity contribution >= 4 is 11.6 Å². The van der Waals surface area contributed by atoms with Crippen LogP contribution in [0.1, 0.15) is 120 Å². The first-order chi connectivity index (χ1) is 18.7. The topological polar surface area (TPSA) is 40.5 Å². The molecule has 0 heterocycles. The van der Waals surface area contributed by atoms with Gasteiger partial charge in [-0.15, -0.1) is 0 Å². The van der Waals surface area contributed by atoms with Crippen molar-refractivity contribution in [1.82, 2.24) is 0 Å². The van der Waals surface area contributed by atoms with E-state index >= 15 is 0 Å². The fraction of sp³-hybridized carbons (Fsp3) is 0.750. The maximum Gasteiger partial charge on any atom is 0.227 e. The first-order valence-corrected chi connectivity index (χ1v) is 16.2. The summed E-state index contributed by atoms with van der Waals surface area (Å²) in [4.78, 5) is 15.1. The van der Waals surface area contributed by atoms with Gasteiger partial charge in [0.05, 0.1) is 11.8 Å². The molecule has 0 spiro atoms. The monoisotopic (exact) mass is 551 g/mol. The highest BCUT2D eigenvalue weighted by Gasteiger charge is 2.63. The molecule has 1 aromatic rings. The second-order valence-electron chi connectivity index (χ2n) is 15.6. The van der Waals surface area contributed by atoms with Crippen molar-refractivity contribution in [2.75, 3.05) is 4.90 Å². The summed E-state index contributed by atoms with van der Waals surface area (Å²) in [6, 6.07) is 6.56. The molecule has 3 nitrogen and oxygen atoms in total. The average molecular weight is 552 g/mol. The fourth-order valence-electron chi connectivity index (χ4n) is 10.6. The number of hydrogen-bond donors (Lipinski definition) is 1. The number of benzene rings is 1. The maximum absolute atomic E-state index is 14.6. The first kappa shape index (κ1) is 29.8. The Bertz CT molecular complexity index is 1170. The van der Waals surface area contributed by atoms with Gasteiger partial charge < -0.3 is 10.0 Å². The molecule has 222 valence electrons. The lowest BCUT2D eigenvalue weighted by molar-refractivity contribution is -0.119. The van der Waals surface area contributed by atoms with E-state index in [1.54, 1.807) is 34.2 Å². The molecule has 0 unspecified atom stereocenters. The van der Waals surface area contributed by atoms with Crippen LogP contribution in [0.25, 0.3) is 0 Å². The van der Waals surface area contributed by atoms with Crippen LogP contribution in [-0.4, -0.2) is 23.2 Å². The minimum absolute atomic E-state index is 0.0276. The van der Waals surface area contributed by atoms with Crippen LogP contribution in [-0.2, 0) is 4.79 Å². The van der Waals surface area contributed by atoms with E-state index in [0.29, 0.717) is 29.9 Å². The number of hydrogen-bond acceptors (Lipinski definition) is 2. The van der Waals surface area contributed by atoms with Gasteiger partial charge in [-0.1, -0.05) is 64.8 Å². The Labute approximate surface area is 243 Å². The quantitative estimate of drug-likeness (QED) is 0.358. The Morgan fingerprint density at radius 2 is 1.68 bits per heavy atom. The molecule has 0 radical (unpaired) electrons. The number of fused-ring (bicyclic) bond motifs is 4. The smallest absolute Gasteiger partial charge is 0.227 e. The lowest BCUT2D eigenvalue weighted by Gasteiger charge is -2.62. The predicted molar refractivity (Wildman–Crippen MR) is 162 cm³/mol.